The van der Waals surface area contributed by atoms with Crippen molar-refractivity contribution >= 4 is 5.97 Å². The third-order valence-corrected chi connectivity index (χ3v) is 4.92. The average Bonchev–Trinajstić information content (AvgIpc) is 2.80. The van der Waals surface area contributed by atoms with Crippen molar-refractivity contribution in [2.24, 2.45) is 11.8 Å². The highest BCUT2D eigenvalue weighted by Gasteiger charge is 2.40. The molecule has 0 aromatic carbocycles. The lowest BCUT2D eigenvalue weighted by molar-refractivity contribution is -0.137. The molecule has 4 atom stereocenters. The lowest BCUT2D eigenvalue weighted by atomic mass is 9.87. The molecule has 0 aliphatic heterocycles. The van der Waals surface area contributed by atoms with Crippen molar-refractivity contribution in [1.29, 1.82) is 0 Å². The largest absolute Gasteiger partial charge is 0.481 e. The molecule has 3 N–H and O–H groups in total. The predicted octanol–water partition coefficient (Wildman–Crippen LogP) is 4.07. The van der Waals surface area contributed by atoms with Crippen molar-refractivity contribution in [2.45, 2.75) is 83.3 Å². The molecule has 0 heterocycles. The molecule has 0 aromatic rings. The number of rotatable bonds is 12. The fourth-order valence-electron chi connectivity index (χ4n) is 3.49. The fraction of sp³-hybridized carbons (Fsp3) is 0.750. The number of hydrogen-bond acceptors (Lipinski definition) is 3. The van der Waals surface area contributed by atoms with Gasteiger partial charge in [-0.1, -0.05) is 44.1 Å². The zero-order chi connectivity index (χ0) is 17.8. The number of carboxylic acids is 1. The maximum Gasteiger partial charge on any atom is 0.303 e. The molecule has 0 aromatic heterocycles. The summed E-state index contributed by atoms with van der Waals surface area (Å²) in [6.07, 6.45) is 15.9. The van der Waals surface area contributed by atoms with Gasteiger partial charge in [0.1, 0.15) is 0 Å². The van der Waals surface area contributed by atoms with E-state index in [9.17, 15) is 15.0 Å². The molecule has 1 aliphatic rings. The van der Waals surface area contributed by atoms with Crippen LogP contribution in [0.1, 0.15) is 71.1 Å². The highest BCUT2D eigenvalue weighted by Crippen LogP contribution is 2.38. The topological polar surface area (TPSA) is 77.8 Å². The summed E-state index contributed by atoms with van der Waals surface area (Å²) in [5.74, 6) is -0.496. The summed E-state index contributed by atoms with van der Waals surface area (Å²) in [6, 6.07) is 0. The van der Waals surface area contributed by atoms with Gasteiger partial charge in [0.25, 0.3) is 0 Å². The number of allylic oxidation sites excluding steroid dienone is 4. The van der Waals surface area contributed by atoms with Crippen LogP contribution in [0.3, 0.4) is 0 Å². The normalized spacial score (nSPS) is 27.5. The number of aliphatic carboxylic acids is 1. The van der Waals surface area contributed by atoms with Gasteiger partial charge in [0.2, 0.25) is 0 Å². The minimum absolute atomic E-state index is 0.111. The van der Waals surface area contributed by atoms with Gasteiger partial charge >= 0.3 is 5.97 Å². The lowest BCUT2D eigenvalue weighted by Gasteiger charge is -2.21. The number of unbranched alkanes of at least 4 members (excludes halogenated alkanes) is 3. The second-order valence-corrected chi connectivity index (χ2v) is 6.88. The maximum atomic E-state index is 10.5. The van der Waals surface area contributed by atoms with E-state index in [1.54, 1.807) is 0 Å². The van der Waals surface area contributed by atoms with E-state index in [1.165, 1.54) is 12.8 Å². The van der Waals surface area contributed by atoms with Crippen LogP contribution < -0.4 is 0 Å². The summed E-state index contributed by atoms with van der Waals surface area (Å²) < 4.78 is 0. The molecule has 1 aliphatic carbocycles. The summed E-state index contributed by atoms with van der Waals surface area (Å²) in [5, 5.41) is 29.0. The van der Waals surface area contributed by atoms with Gasteiger partial charge in [-0.05, 0) is 56.8 Å². The van der Waals surface area contributed by atoms with Gasteiger partial charge in [-0.25, -0.2) is 0 Å². The molecule has 1 saturated carbocycles. The Morgan fingerprint density at radius 2 is 1.58 bits per heavy atom. The summed E-state index contributed by atoms with van der Waals surface area (Å²) >= 11 is 0. The number of hydrogen-bond donors (Lipinski definition) is 3. The molecule has 0 saturated heterocycles. The van der Waals surface area contributed by atoms with Gasteiger partial charge in [-0.3, -0.25) is 4.79 Å². The van der Waals surface area contributed by atoms with E-state index in [1.807, 2.05) is 12.2 Å². The van der Waals surface area contributed by atoms with E-state index >= 15 is 0 Å². The van der Waals surface area contributed by atoms with Crippen LogP contribution in [0.15, 0.2) is 24.3 Å². The van der Waals surface area contributed by atoms with E-state index in [2.05, 4.69) is 19.1 Å². The molecule has 0 radical (unpaired) electrons. The molecule has 1 fully saturated rings. The van der Waals surface area contributed by atoms with Crippen LogP contribution in [0.4, 0.5) is 0 Å². The smallest absolute Gasteiger partial charge is 0.303 e. The minimum Gasteiger partial charge on any atom is -0.481 e. The molecule has 0 unspecified atom stereocenters. The summed E-state index contributed by atoms with van der Waals surface area (Å²) in [5.41, 5.74) is 0. The Kier molecular flexibility index (Phi) is 10.7. The lowest BCUT2D eigenvalue weighted by Crippen LogP contribution is -2.21. The number of carboxylic acid groups (broad SMARTS) is 1. The van der Waals surface area contributed by atoms with Gasteiger partial charge in [0.05, 0.1) is 12.2 Å². The van der Waals surface area contributed by atoms with Crippen LogP contribution in [0.2, 0.25) is 0 Å². The number of aliphatic hydroxyl groups is 2. The van der Waals surface area contributed by atoms with E-state index < -0.39 is 18.2 Å². The molecule has 24 heavy (non-hydrogen) atoms. The quantitative estimate of drug-likeness (QED) is 0.370. The van der Waals surface area contributed by atoms with Crippen LogP contribution in [-0.2, 0) is 4.79 Å². The Morgan fingerprint density at radius 1 is 0.958 bits per heavy atom. The fourth-order valence-corrected chi connectivity index (χ4v) is 3.49. The molecule has 0 amide bonds. The molecule has 0 bridgehead atoms. The molecular weight excluding hydrogens is 304 g/mol. The van der Waals surface area contributed by atoms with Crippen molar-refractivity contribution < 1.29 is 20.1 Å². The molecule has 4 heteroatoms. The number of aliphatic hydroxyl groups excluding tert-OH is 2. The van der Waals surface area contributed by atoms with E-state index in [-0.39, 0.29) is 18.3 Å². The average molecular weight is 338 g/mol. The Balaban J connectivity index is 2.35. The van der Waals surface area contributed by atoms with Crippen LogP contribution in [0, 0.1) is 11.8 Å². The van der Waals surface area contributed by atoms with Gasteiger partial charge in [-0.15, -0.1) is 0 Å². The Hall–Kier alpha value is -1.13. The standard InChI is InChI=1S/C20H34O4/c1-2-3-4-5-6-9-12-16-17(19(22)15-18(16)21)13-10-7-8-11-14-20(23)24/h5-7,10,16-19,21-22H,2-4,8-9,11-15H2,1H3,(H,23,24)/t16-,17-,18-,19+/m1/s1. The van der Waals surface area contributed by atoms with Crippen molar-refractivity contribution in [3.8, 4) is 0 Å². The zero-order valence-corrected chi connectivity index (χ0v) is 14.9. The number of carbonyl (C=O) groups is 1. The third kappa shape index (κ3) is 8.11. The predicted molar refractivity (Wildman–Crippen MR) is 96.8 cm³/mol. The first kappa shape index (κ1) is 20.9. The summed E-state index contributed by atoms with van der Waals surface area (Å²) in [6.45, 7) is 2.18. The molecule has 4 nitrogen and oxygen atoms in total. The Morgan fingerprint density at radius 3 is 2.29 bits per heavy atom. The zero-order valence-electron chi connectivity index (χ0n) is 14.9. The van der Waals surface area contributed by atoms with Crippen LogP contribution in [0.5, 0.6) is 0 Å². The van der Waals surface area contributed by atoms with Crippen LogP contribution in [0.25, 0.3) is 0 Å². The Bertz CT molecular complexity index is 402. The second kappa shape index (κ2) is 12.3. The third-order valence-electron chi connectivity index (χ3n) is 4.92. The van der Waals surface area contributed by atoms with Gasteiger partial charge in [0.15, 0.2) is 0 Å². The molecule has 138 valence electrons. The molecular formula is C20H34O4. The first-order chi connectivity index (χ1) is 11.6. The maximum absolute atomic E-state index is 10.5. The van der Waals surface area contributed by atoms with Crippen molar-refractivity contribution in [1.82, 2.24) is 0 Å². The van der Waals surface area contributed by atoms with Gasteiger partial charge in [0, 0.05) is 6.42 Å². The van der Waals surface area contributed by atoms with Crippen molar-refractivity contribution in [2.75, 3.05) is 0 Å². The minimum atomic E-state index is -0.759. The summed E-state index contributed by atoms with van der Waals surface area (Å²) in [7, 11) is 0. The van der Waals surface area contributed by atoms with E-state index in [0.717, 1.165) is 32.1 Å². The van der Waals surface area contributed by atoms with E-state index in [4.69, 9.17) is 5.11 Å². The van der Waals surface area contributed by atoms with Crippen molar-refractivity contribution in [3.63, 3.8) is 0 Å². The highest BCUT2D eigenvalue weighted by atomic mass is 16.4. The van der Waals surface area contributed by atoms with Crippen LogP contribution >= 0.6 is 0 Å². The first-order valence-corrected chi connectivity index (χ1v) is 9.44. The van der Waals surface area contributed by atoms with Crippen LogP contribution in [-0.4, -0.2) is 33.5 Å². The van der Waals surface area contributed by atoms with E-state index in [0.29, 0.717) is 12.8 Å². The Labute approximate surface area is 146 Å². The molecule has 0 spiro atoms. The second-order valence-electron chi connectivity index (χ2n) is 6.88. The SMILES string of the molecule is CCCCC=CCC[C@@H]1[C@@H](CC=CCCCC(=O)O)[C@@H](O)C[C@H]1O. The first-order valence-electron chi connectivity index (χ1n) is 9.44. The van der Waals surface area contributed by atoms with Gasteiger partial charge in [-0.2, -0.15) is 0 Å². The molecule has 1 rings (SSSR count). The van der Waals surface area contributed by atoms with Gasteiger partial charge < -0.3 is 15.3 Å². The van der Waals surface area contributed by atoms with Crippen molar-refractivity contribution in [3.05, 3.63) is 24.3 Å². The monoisotopic (exact) mass is 338 g/mol. The summed E-state index contributed by atoms with van der Waals surface area (Å²) in [4.78, 5) is 10.5. The highest BCUT2D eigenvalue weighted by molar-refractivity contribution is 5.66.